The van der Waals surface area contributed by atoms with E-state index in [0.29, 0.717) is 0 Å². The molecule has 1 aromatic rings. The summed E-state index contributed by atoms with van der Waals surface area (Å²) in [4.78, 5) is 7.05. The Balaban J connectivity index is 2.81. The first-order valence-corrected chi connectivity index (χ1v) is 15.3. The number of benzene rings is 1. The molecule has 0 spiro atoms. The van der Waals surface area contributed by atoms with Gasteiger partial charge < -0.3 is 0 Å². The van der Waals surface area contributed by atoms with Crippen LogP contribution in [0.4, 0.5) is 4.39 Å². The summed E-state index contributed by atoms with van der Waals surface area (Å²) in [5.41, 5.74) is 0.826. The van der Waals surface area contributed by atoms with E-state index in [1.807, 2.05) is 12.1 Å². The van der Waals surface area contributed by atoms with E-state index in [1.54, 1.807) is 0 Å². The second-order valence-corrected chi connectivity index (χ2v) is 19.4. The van der Waals surface area contributed by atoms with Gasteiger partial charge in [-0.15, -0.1) is 0 Å². The number of hydrogen-bond acceptors (Lipinski definition) is 1. The van der Waals surface area contributed by atoms with Gasteiger partial charge in [-0.3, -0.25) is 0 Å². The van der Waals surface area contributed by atoms with Crippen molar-refractivity contribution in [2.24, 2.45) is 0 Å². The van der Waals surface area contributed by atoms with E-state index in [2.05, 4.69) is 27.0 Å². The Hall–Kier alpha value is -0.0913. The van der Waals surface area contributed by atoms with Gasteiger partial charge in [0.15, 0.2) is 0 Å². The van der Waals surface area contributed by atoms with Crippen molar-refractivity contribution in [2.75, 3.05) is 6.67 Å². The van der Waals surface area contributed by atoms with Crippen molar-refractivity contribution in [3.8, 4) is 0 Å². The molecule has 1 nitrogen and oxygen atoms in total. The van der Waals surface area contributed by atoms with Gasteiger partial charge in [-0.25, -0.2) is 0 Å². The predicted molar refractivity (Wildman–Crippen MR) is 65.0 cm³/mol. The number of halogens is 1. The molecule has 0 aliphatic heterocycles. The van der Waals surface area contributed by atoms with Crippen molar-refractivity contribution < 1.29 is 9.50 Å². The Morgan fingerprint density at radius 2 is 1.73 bits per heavy atom. The molecule has 84 valence electrons. The average molecular weight is 317 g/mol. The van der Waals surface area contributed by atoms with Crippen molar-refractivity contribution in [1.29, 1.82) is 0 Å². The summed E-state index contributed by atoms with van der Waals surface area (Å²) >= 11 is -1.97. The number of alkyl halides is 1. The SMILES string of the molecule is [CH3][Sn]([CH3])([CH3])[c]1ccc(C(O)CCF)cc1. The molecule has 0 saturated carbocycles. The Bertz CT molecular complexity index is 302. The van der Waals surface area contributed by atoms with Crippen LogP contribution >= 0.6 is 0 Å². The molecular formula is C12H19FOSn. The van der Waals surface area contributed by atoms with Gasteiger partial charge >= 0.3 is 95.3 Å². The maximum absolute atomic E-state index is 12.0. The Morgan fingerprint density at radius 1 is 1.20 bits per heavy atom. The van der Waals surface area contributed by atoms with Gasteiger partial charge in [0.2, 0.25) is 0 Å². The molecular weight excluding hydrogens is 298 g/mol. The van der Waals surface area contributed by atoms with Crippen molar-refractivity contribution in [3.63, 3.8) is 0 Å². The second kappa shape index (κ2) is 5.30. The number of rotatable bonds is 4. The summed E-state index contributed by atoms with van der Waals surface area (Å²) in [6.07, 6.45) is -0.461. The summed E-state index contributed by atoms with van der Waals surface area (Å²) < 4.78 is 13.5. The predicted octanol–water partition coefficient (Wildman–Crippen LogP) is 2.62. The molecule has 0 aliphatic rings. The minimum absolute atomic E-state index is 0.193. The van der Waals surface area contributed by atoms with Gasteiger partial charge in [0.1, 0.15) is 0 Å². The fourth-order valence-corrected chi connectivity index (χ4v) is 4.81. The van der Waals surface area contributed by atoms with E-state index in [9.17, 15) is 9.50 Å². The second-order valence-electron chi connectivity index (χ2n) is 4.87. The molecule has 15 heavy (non-hydrogen) atoms. The van der Waals surface area contributed by atoms with Crippen LogP contribution in [0.1, 0.15) is 18.1 Å². The van der Waals surface area contributed by atoms with Gasteiger partial charge in [-0.2, -0.15) is 0 Å². The van der Waals surface area contributed by atoms with E-state index in [-0.39, 0.29) is 6.42 Å². The van der Waals surface area contributed by atoms with E-state index < -0.39 is 31.2 Å². The van der Waals surface area contributed by atoms with Crippen LogP contribution in [0.3, 0.4) is 0 Å². The number of hydrogen-bond donors (Lipinski definition) is 1. The Morgan fingerprint density at radius 3 is 2.13 bits per heavy atom. The number of aliphatic hydroxyl groups is 1. The summed E-state index contributed by atoms with van der Waals surface area (Å²) in [7, 11) is 0. The molecule has 0 bridgehead atoms. The van der Waals surface area contributed by atoms with Crippen LogP contribution in [-0.4, -0.2) is 30.2 Å². The maximum atomic E-state index is 12.0. The summed E-state index contributed by atoms with van der Waals surface area (Å²) in [6.45, 7) is -0.471. The van der Waals surface area contributed by atoms with Crippen LogP contribution in [0.2, 0.25) is 14.8 Å². The summed E-state index contributed by atoms with van der Waals surface area (Å²) in [5, 5.41) is 9.59. The van der Waals surface area contributed by atoms with E-state index >= 15 is 0 Å². The van der Waals surface area contributed by atoms with E-state index in [4.69, 9.17) is 0 Å². The minimum atomic E-state index is -1.97. The first-order valence-electron chi connectivity index (χ1n) is 5.29. The monoisotopic (exact) mass is 318 g/mol. The Labute approximate surface area is 95.2 Å². The van der Waals surface area contributed by atoms with Crippen LogP contribution in [0.5, 0.6) is 0 Å². The van der Waals surface area contributed by atoms with Crippen LogP contribution in [0.25, 0.3) is 0 Å². The molecule has 1 aromatic carbocycles. The molecule has 0 aromatic heterocycles. The van der Waals surface area contributed by atoms with Crippen LogP contribution < -0.4 is 3.58 Å². The third kappa shape index (κ3) is 3.76. The zero-order valence-electron chi connectivity index (χ0n) is 9.63. The van der Waals surface area contributed by atoms with Gasteiger partial charge in [0, 0.05) is 0 Å². The fourth-order valence-electron chi connectivity index (χ4n) is 1.48. The molecule has 0 amide bonds. The van der Waals surface area contributed by atoms with Crippen molar-refractivity contribution in [1.82, 2.24) is 0 Å². The van der Waals surface area contributed by atoms with E-state index in [0.717, 1.165) is 5.56 Å². The van der Waals surface area contributed by atoms with Gasteiger partial charge in [-0.05, 0) is 0 Å². The van der Waals surface area contributed by atoms with Crippen LogP contribution in [0, 0.1) is 0 Å². The van der Waals surface area contributed by atoms with E-state index in [1.165, 1.54) is 3.58 Å². The third-order valence-corrected chi connectivity index (χ3v) is 8.44. The topological polar surface area (TPSA) is 20.2 Å². The average Bonchev–Trinajstić information content (AvgIpc) is 2.17. The fraction of sp³-hybridized carbons (Fsp3) is 0.500. The van der Waals surface area contributed by atoms with Crippen LogP contribution in [0.15, 0.2) is 24.3 Å². The third-order valence-electron chi connectivity index (χ3n) is 2.54. The summed E-state index contributed by atoms with van der Waals surface area (Å²) in [6, 6.07) is 8.04. The molecule has 0 saturated heterocycles. The molecule has 3 heteroatoms. The summed E-state index contributed by atoms with van der Waals surface area (Å²) in [5.74, 6) is 0. The van der Waals surface area contributed by atoms with Gasteiger partial charge in [0.05, 0.1) is 0 Å². The molecule has 1 unspecified atom stereocenters. The normalized spacial score (nSPS) is 13.9. The quantitative estimate of drug-likeness (QED) is 0.847. The molecule has 1 rings (SSSR count). The molecule has 0 aliphatic carbocycles. The van der Waals surface area contributed by atoms with Crippen molar-refractivity contribution in [3.05, 3.63) is 29.8 Å². The molecule has 1 atom stereocenters. The zero-order chi connectivity index (χ0) is 11.5. The van der Waals surface area contributed by atoms with Crippen molar-refractivity contribution in [2.45, 2.75) is 27.3 Å². The molecule has 0 fully saturated rings. The first-order chi connectivity index (χ1) is 6.95. The number of aliphatic hydroxyl groups excluding tert-OH is 1. The molecule has 1 N–H and O–H groups in total. The van der Waals surface area contributed by atoms with Gasteiger partial charge in [0.25, 0.3) is 0 Å². The molecule has 0 radical (unpaired) electrons. The van der Waals surface area contributed by atoms with Gasteiger partial charge in [-0.1, -0.05) is 0 Å². The Kier molecular flexibility index (Phi) is 4.59. The van der Waals surface area contributed by atoms with Crippen molar-refractivity contribution >= 4 is 22.0 Å². The molecule has 0 heterocycles. The standard InChI is InChI=1S/C9H10FO.3CH3.Sn/c10-7-6-9(11)8-4-2-1-3-5-8;;;;/h2-5,9,11H,6-7H2;3*1H3;. The van der Waals surface area contributed by atoms with Crippen LogP contribution in [-0.2, 0) is 0 Å². The first kappa shape index (κ1) is 13.0. The zero-order valence-corrected chi connectivity index (χ0v) is 12.5.